The lowest BCUT2D eigenvalue weighted by molar-refractivity contribution is -0.116. The minimum absolute atomic E-state index is 0.0539. The molecule has 0 spiro atoms. The molecule has 34 heavy (non-hydrogen) atoms. The van der Waals surface area contributed by atoms with Gasteiger partial charge in [0.15, 0.2) is 10.1 Å². The lowest BCUT2D eigenvalue weighted by Crippen LogP contribution is -2.38. The zero-order valence-electron chi connectivity index (χ0n) is 18.1. The van der Waals surface area contributed by atoms with Crippen molar-refractivity contribution >= 4 is 45.6 Å². The Morgan fingerprint density at radius 1 is 1.15 bits per heavy atom. The molecule has 2 aromatic carbocycles. The number of allylic oxidation sites excluding steroid dienone is 3. The summed E-state index contributed by atoms with van der Waals surface area (Å²) in [7, 11) is 0. The Morgan fingerprint density at radius 3 is 2.68 bits per heavy atom. The number of carbonyl (C=O) groups is 1. The van der Waals surface area contributed by atoms with Crippen LogP contribution in [-0.4, -0.2) is 16.0 Å². The Labute approximate surface area is 210 Å². The van der Waals surface area contributed by atoms with Crippen molar-refractivity contribution in [3.63, 3.8) is 0 Å². The van der Waals surface area contributed by atoms with Crippen molar-refractivity contribution in [1.82, 2.24) is 10.2 Å². The first-order chi connectivity index (χ1) is 16.6. The van der Waals surface area contributed by atoms with Crippen LogP contribution in [0.5, 0.6) is 0 Å². The normalized spacial score (nSPS) is 18.2. The summed E-state index contributed by atoms with van der Waals surface area (Å²) in [6.45, 7) is 0. The fourth-order valence-electron chi connectivity index (χ4n) is 4.39. The largest absolute Gasteiger partial charge is 0.384 e. The van der Waals surface area contributed by atoms with E-state index in [0.29, 0.717) is 45.7 Å². The van der Waals surface area contributed by atoms with E-state index in [-0.39, 0.29) is 5.78 Å². The number of nitriles is 1. The summed E-state index contributed by atoms with van der Waals surface area (Å²) in [6.07, 6.45) is 1.88. The van der Waals surface area contributed by atoms with Crippen LogP contribution in [0.4, 0.5) is 5.13 Å². The number of anilines is 1. The zero-order valence-corrected chi connectivity index (χ0v) is 20.5. The van der Waals surface area contributed by atoms with Gasteiger partial charge < -0.3 is 5.73 Å². The van der Waals surface area contributed by atoms with Gasteiger partial charge in [-0.1, -0.05) is 83.2 Å². The number of benzene rings is 2. The van der Waals surface area contributed by atoms with Gasteiger partial charge in [0, 0.05) is 28.5 Å². The first-order valence-corrected chi connectivity index (χ1v) is 13.0. The van der Waals surface area contributed by atoms with Gasteiger partial charge in [0.2, 0.25) is 5.13 Å². The molecule has 3 aromatic rings. The van der Waals surface area contributed by atoms with E-state index in [4.69, 9.17) is 17.3 Å². The highest BCUT2D eigenvalue weighted by molar-refractivity contribution is 8.00. The number of carbonyl (C=O) groups excluding carboxylic acids is 1. The minimum atomic E-state index is -0.466. The smallest absolute Gasteiger partial charge is 0.219 e. The molecule has 0 fully saturated rings. The molecule has 6 nitrogen and oxygen atoms in total. The topological polar surface area (TPSA) is 95.9 Å². The second kappa shape index (κ2) is 9.63. The highest BCUT2D eigenvalue weighted by Gasteiger charge is 2.41. The Hall–Kier alpha value is -3.12. The van der Waals surface area contributed by atoms with Gasteiger partial charge in [-0.15, -0.1) is 10.2 Å². The molecular weight excluding hydrogens is 486 g/mol. The standard InChI is InChI=1S/C25H20ClN5OS2/c26-18-10-5-4-9-16(18)14-33-25-30-29-24(34-25)31-19-11-6-12-20(32)22(19)21(17(13-27)23(31)28)15-7-2-1-3-8-15/h1-5,7-10,21H,6,11-12,14,28H2. The third-order valence-electron chi connectivity index (χ3n) is 5.94. The number of halogens is 1. The Balaban J connectivity index is 1.52. The molecule has 0 saturated heterocycles. The zero-order chi connectivity index (χ0) is 23.7. The van der Waals surface area contributed by atoms with Gasteiger partial charge in [0.05, 0.1) is 17.6 Å². The van der Waals surface area contributed by atoms with E-state index in [9.17, 15) is 10.1 Å². The van der Waals surface area contributed by atoms with Crippen molar-refractivity contribution in [2.45, 2.75) is 35.3 Å². The summed E-state index contributed by atoms with van der Waals surface area (Å²) in [5.74, 6) is 0.556. The van der Waals surface area contributed by atoms with Crippen LogP contribution < -0.4 is 10.6 Å². The van der Waals surface area contributed by atoms with Crippen molar-refractivity contribution in [3.05, 3.63) is 93.4 Å². The molecule has 2 N–H and O–H groups in total. The van der Waals surface area contributed by atoms with Gasteiger partial charge in [0.1, 0.15) is 5.82 Å². The molecule has 1 unspecified atom stereocenters. The first kappa shape index (κ1) is 22.7. The maximum absolute atomic E-state index is 13.1. The lowest BCUT2D eigenvalue weighted by Gasteiger charge is -2.38. The van der Waals surface area contributed by atoms with E-state index in [1.807, 2.05) is 54.6 Å². The maximum Gasteiger partial charge on any atom is 0.219 e. The molecule has 0 bridgehead atoms. The summed E-state index contributed by atoms with van der Waals surface area (Å²) < 4.78 is 0.760. The Kier molecular flexibility index (Phi) is 6.42. The molecule has 2 aliphatic rings. The number of nitrogens with two attached hydrogens (primary N) is 1. The van der Waals surface area contributed by atoms with E-state index in [1.54, 1.807) is 4.90 Å². The molecule has 170 valence electrons. The van der Waals surface area contributed by atoms with E-state index >= 15 is 0 Å². The van der Waals surface area contributed by atoms with Crippen LogP contribution in [0.25, 0.3) is 0 Å². The van der Waals surface area contributed by atoms with Gasteiger partial charge in [-0.2, -0.15) is 5.26 Å². The second-order valence-electron chi connectivity index (χ2n) is 7.96. The predicted octanol–water partition coefficient (Wildman–Crippen LogP) is 5.79. The van der Waals surface area contributed by atoms with Crippen LogP contribution in [0.1, 0.15) is 36.3 Å². The number of Topliss-reactive ketones (excluding diaryl/α,β-unsaturated/α-hetero) is 1. The summed E-state index contributed by atoms with van der Waals surface area (Å²) in [5, 5.41) is 20.1. The van der Waals surface area contributed by atoms with Crippen molar-refractivity contribution in [3.8, 4) is 6.07 Å². The third kappa shape index (κ3) is 4.11. The molecule has 9 heteroatoms. The van der Waals surface area contributed by atoms with E-state index in [1.165, 1.54) is 23.1 Å². The van der Waals surface area contributed by atoms with Gasteiger partial charge in [-0.25, -0.2) is 0 Å². The average molecular weight is 506 g/mol. The maximum atomic E-state index is 13.1. The van der Waals surface area contributed by atoms with Crippen molar-refractivity contribution in [1.29, 1.82) is 5.26 Å². The quantitative estimate of drug-likeness (QED) is 0.438. The molecule has 1 atom stereocenters. The average Bonchev–Trinajstić information content (AvgIpc) is 3.32. The van der Waals surface area contributed by atoms with Crippen LogP contribution in [-0.2, 0) is 10.5 Å². The number of aromatic nitrogens is 2. The number of rotatable bonds is 5. The number of nitrogens with zero attached hydrogens (tertiary/aromatic N) is 4. The monoisotopic (exact) mass is 505 g/mol. The number of hydrogen-bond acceptors (Lipinski definition) is 8. The van der Waals surface area contributed by atoms with E-state index in [2.05, 4.69) is 16.3 Å². The van der Waals surface area contributed by atoms with E-state index < -0.39 is 5.92 Å². The molecular formula is C25H20ClN5OS2. The van der Waals surface area contributed by atoms with Crippen LogP contribution in [0.3, 0.4) is 0 Å². The SMILES string of the molecule is N#CC1=C(N)N(c2nnc(SCc3ccccc3Cl)s2)C2=C(C(=O)CCC2)C1c1ccccc1. The number of ketones is 1. The van der Waals surface area contributed by atoms with Crippen LogP contribution in [0.2, 0.25) is 5.02 Å². The van der Waals surface area contributed by atoms with Gasteiger partial charge >= 0.3 is 0 Å². The highest BCUT2D eigenvalue weighted by Crippen LogP contribution is 2.47. The lowest BCUT2D eigenvalue weighted by atomic mass is 9.76. The third-order valence-corrected chi connectivity index (χ3v) is 8.40. The Bertz CT molecular complexity index is 1360. The minimum Gasteiger partial charge on any atom is -0.384 e. The predicted molar refractivity (Wildman–Crippen MR) is 135 cm³/mol. The van der Waals surface area contributed by atoms with Crippen LogP contribution in [0.15, 0.2) is 81.6 Å². The fraction of sp³-hybridized carbons (Fsp3) is 0.200. The second-order valence-corrected chi connectivity index (χ2v) is 10.5. The molecule has 0 saturated carbocycles. The van der Waals surface area contributed by atoms with Gasteiger partial charge in [-0.05, 0) is 30.0 Å². The molecule has 0 radical (unpaired) electrons. The number of hydrogen-bond donors (Lipinski definition) is 1. The summed E-state index contributed by atoms with van der Waals surface area (Å²) in [6, 6.07) is 19.6. The summed E-state index contributed by atoms with van der Waals surface area (Å²) in [5.41, 5.74) is 10.3. The molecule has 2 heterocycles. The van der Waals surface area contributed by atoms with Crippen LogP contribution >= 0.6 is 34.7 Å². The number of thioether (sulfide) groups is 1. The first-order valence-electron chi connectivity index (χ1n) is 10.8. The van der Waals surface area contributed by atoms with Crippen LogP contribution in [0, 0.1) is 11.3 Å². The molecule has 5 rings (SSSR count). The molecule has 1 aliphatic carbocycles. The highest BCUT2D eigenvalue weighted by atomic mass is 35.5. The fourth-order valence-corrected chi connectivity index (χ4v) is 6.56. The molecule has 1 aliphatic heterocycles. The van der Waals surface area contributed by atoms with Crippen molar-refractivity contribution in [2.75, 3.05) is 4.90 Å². The molecule has 1 aromatic heterocycles. The van der Waals surface area contributed by atoms with Gasteiger partial charge in [0.25, 0.3) is 0 Å². The van der Waals surface area contributed by atoms with Crippen molar-refractivity contribution in [2.24, 2.45) is 5.73 Å². The Morgan fingerprint density at radius 2 is 1.91 bits per heavy atom. The van der Waals surface area contributed by atoms with E-state index in [0.717, 1.165) is 27.6 Å². The summed E-state index contributed by atoms with van der Waals surface area (Å²) >= 11 is 9.20. The van der Waals surface area contributed by atoms with Gasteiger partial charge in [-0.3, -0.25) is 9.69 Å². The summed E-state index contributed by atoms with van der Waals surface area (Å²) in [4.78, 5) is 14.9. The van der Waals surface area contributed by atoms with Crippen molar-refractivity contribution < 1.29 is 4.79 Å². The molecule has 0 amide bonds.